The van der Waals surface area contributed by atoms with Gasteiger partial charge in [0.05, 0.1) is 6.61 Å². The molecule has 2 amide bonds. The van der Waals surface area contributed by atoms with Gasteiger partial charge in [-0.1, -0.05) is 6.07 Å². The molecule has 4 rings (SSSR count). The van der Waals surface area contributed by atoms with Gasteiger partial charge in [0.15, 0.2) is 0 Å². The van der Waals surface area contributed by atoms with E-state index in [1.807, 2.05) is 18.2 Å². The van der Waals surface area contributed by atoms with Gasteiger partial charge in [0.25, 0.3) is 5.91 Å². The van der Waals surface area contributed by atoms with Crippen LogP contribution in [0.1, 0.15) is 35.2 Å². The summed E-state index contributed by atoms with van der Waals surface area (Å²) in [6, 6.07) is 12.5. The molecular weight excluding hydrogens is 370 g/mol. The van der Waals surface area contributed by atoms with Crippen molar-refractivity contribution in [2.24, 2.45) is 5.92 Å². The summed E-state index contributed by atoms with van der Waals surface area (Å²) < 4.78 is 11.4. The van der Waals surface area contributed by atoms with Crippen LogP contribution < -0.4 is 20.5 Å². The maximum absolute atomic E-state index is 12.4. The standard InChI is InChI=1S/C22H25N3O4/c23-17-4-7-18(8-5-17)29-22(27)25-10-1-2-15(9-11-25)14-28-19-6-3-16-13-24-21(26)20(16)12-19/h3-8,12,15H,1-2,9-11,13-14,23H2,(H,24,26). The van der Waals surface area contributed by atoms with E-state index in [1.165, 1.54) is 0 Å². The largest absolute Gasteiger partial charge is 0.493 e. The van der Waals surface area contributed by atoms with Crippen LogP contribution in [0, 0.1) is 5.92 Å². The van der Waals surface area contributed by atoms with Gasteiger partial charge in [-0.2, -0.15) is 0 Å². The first-order chi connectivity index (χ1) is 14.1. The van der Waals surface area contributed by atoms with Crippen LogP contribution in [0.5, 0.6) is 11.5 Å². The molecule has 0 aliphatic carbocycles. The van der Waals surface area contributed by atoms with Crippen molar-refractivity contribution in [3.8, 4) is 11.5 Å². The van der Waals surface area contributed by atoms with E-state index in [-0.39, 0.29) is 12.0 Å². The Morgan fingerprint density at radius 3 is 2.72 bits per heavy atom. The Bertz CT molecular complexity index is 897. The van der Waals surface area contributed by atoms with Crippen LogP contribution >= 0.6 is 0 Å². The SMILES string of the molecule is Nc1ccc(OC(=O)N2CCCC(COc3ccc4c(c3)C(=O)NC4)CC2)cc1. The quantitative estimate of drug-likeness (QED) is 0.776. The summed E-state index contributed by atoms with van der Waals surface area (Å²) in [6.07, 6.45) is 2.40. The van der Waals surface area contributed by atoms with E-state index in [9.17, 15) is 9.59 Å². The maximum Gasteiger partial charge on any atom is 0.415 e. The van der Waals surface area contributed by atoms with E-state index in [4.69, 9.17) is 15.2 Å². The summed E-state index contributed by atoms with van der Waals surface area (Å²) >= 11 is 0. The number of carbonyl (C=O) groups is 2. The van der Waals surface area contributed by atoms with Crippen molar-refractivity contribution in [3.05, 3.63) is 53.6 Å². The number of nitrogens with zero attached hydrogens (tertiary/aromatic N) is 1. The third kappa shape index (κ3) is 4.62. The molecule has 1 fully saturated rings. The zero-order chi connectivity index (χ0) is 20.2. The predicted molar refractivity (Wildman–Crippen MR) is 109 cm³/mol. The van der Waals surface area contributed by atoms with E-state index in [1.54, 1.807) is 29.2 Å². The molecule has 0 radical (unpaired) electrons. The van der Waals surface area contributed by atoms with Crippen molar-refractivity contribution >= 4 is 17.7 Å². The molecule has 7 nitrogen and oxygen atoms in total. The highest BCUT2D eigenvalue weighted by Crippen LogP contribution is 2.24. The monoisotopic (exact) mass is 395 g/mol. The second-order valence-electron chi connectivity index (χ2n) is 7.53. The van der Waals surface area contributed by atoms with Crippen molar-refractivity contribution in [1.82, 2.24) is 10.2 Å². The van der Waals surface area contributed by atoms with Gasteiger partial charge < -0.3 is 25.4 Å². The average molecular weight is 395 g/mol. The number of nitrogens with two attached hydrogens (primary N) is 1. The van der Waals surface area contributed by atoms with Crippen LogP contribution in [-0.2, 0) is 6.54 Å². The van der Waals surface area contributed by atoms with Crippen molar-refractivity contribution in [1.29, 1.82) is 0 Å². The van der Waals surface area contributed by atoms with E-state index in [2.05, 4.69) is 5.32 Å². The van der Waals surface area contributed by atoms with Crippen molar-refractivity contribution in [2.75, 3.05) is 25.4 Å². The van der Waals surface area contributed by atoms with Crippen molar-refractivity contribution < 1.29 is 19.1 Å². The minimum Gasteiger partial charge on any atom is -0.493 e. The number of amides is 2. The fourth-order valence-electron chi connectivity index (χ4n) is 3.71. The van der Waals surface area contributed by atoms with Crippen LogP contribution in [0.15, 0.2) is 42.5 Å². The van der Waals surface area contributed by atoms with Crippen molar-refractivity contribution in [3.63, 3.8) is 0 Å². The normalized spacial score (nSPS) is 18.6. The number of anilines is 1. The van der Waals surface area contributed by atoms with E-state index < -0.39 is 0 Å². The van der Waals surface area contributed by atoms with Gasteiger partial charge in [0, 0.05) is 30.9 Å². The Morgan fingerprint density at radius 1 is 1.10 bits per heavy atom. The maximum atomic E-state index is 12.4. The molecule has 29 heavy (non-hydrogen) atoms. The molecule has 2 aliphatic heterocycles. The molecule has 152 valence electrons. The van der Waals surface area contributed by atoms with Gasteiger partial charge in [0.2, 0.25) is 0 Å². The lowest BCUT2D eigenvalue weighted by molar-refractivity contribution is 0.0965. The van der Waals surface area contributed by atoms with Crippen molar-refractivity contribution in [2.45, 2.75) is 25.8 Å². The second kappa shape index (κ2) is 8.43. The molecule has 1 saturated heterocycles. The summed E-state index contributed by atoms with van der Waals surface area (Å²) in [4.78, 5) is 26.0. The van der Waals surface area contributed by atoms with Gasteiger partial charge in [-0.15, -0.1) is 0 Å². The number of rotatable bonds is 4. The second-order valence-corrected chi connectivity index (χ2v) is 7.53. The van der Waals surface area contributed by atoms with E-state index >= 15 is 0 Å². The van der Waals surface area contributed by atoms with Gasteiger partial charge >= 0.3 is 6.09 Å². The lowest BCUT2D eigenvalue weighted by atomic mass is 10.0. The molecule has 2 heterocycles. The number of nitrogen functional groups attached to an aromatic ring is 1. The average Bonchev–Trinajstić information content (AvgIpc) is 2.94. The summed E-state index contributed by atoms with van der Waals surface area (Å²) in [7, 11) is 0. The first-order valence-electron chi connectivity index (χ1n) is 9.95. The first kappa shape index (κ1) is 19.1. The summed E-state index contributed by atoms with van der Waals surface area (Å²) in [5, 5.41) is 2.81. The fourth-order valence-corrected chi connectivity index (χ4v) is 3.71. The highest BCUT2D eigenvalue weighted by Gasteiger charge is 2.23. The Balaban J connectivity index is 1.27. The minimum atomic E-state index is -0.332. The lowest BCUT2D eigenvalue weighted by Crippen LogP contribution is -2.34. The molecular formula is C22H25N3O4. The summed E-state index contributed by atoms with van der Waals surface area (Å²) in [6.45, 7) is 2.46. The minimum absolute atomic E-state index is 0.0461. The van der Waals surface area contributed by atoms with Gasteiger partial charge in [-0.05, 0) is 67.1 Å². The van der Waals surface area contributed by atoms with Crippen LogP contribution in [0.2, 0.25) is 0 Å². The van der Waals surface area contributed by atoms with Gasteiger partial charge in [-0.3, -0.25) is 4.79 Å². The Morgan fingerprint density at radius 2 is 1.90 bits per heavy atom. The van der Waals surface area contributed by atoms with Gasteiger partial charge in [0.1, 0.15) is 11.5 Å². The number of benzene rings is 2. The lowest BCUT2D eigenvalue weighted by Gasteiger charge is -2.20. The highest BCUT2D eigenvalue weighted by molar-refractivity contribution is 5.98. The smallest absolute Gasteiger partial charge is 0.415 e. The molecule has 0 spiro atoms. The van der Waals surface area contributed by atoms with Gasteiger partial charge in [-0.25, -0.2) is 4.79 Å². The number of hydrogen-bond donors (Lipinski definition) is 2. The number of likely N-dealkylation sites (tertiary alicyclic amines) is 1. The van der Waals surface area contributed by atoms with Crippen LogP contribution in [0.3, 0.4) is 0 Å². The molecule has 0 saturated carbocycles. The molecule has 7 heteroatoms. The molecule has 2 aliphatic rings. The number of ether oxygens (including phenoxy) is 2. The van der Waals surface area contributed by atoms with Crippen LogP contribution in [-0.4, -0.2) is 36.6 Å². The molecule has 3 N–H and O–H groups in total. The van der Waals surface area contributed by atoms with E-state index in [0.717, 1.165) is 24.8 Å². The molecule has 2 aromatic carbocycles. The predicted octanol–water partition coefficient (Wildman–Crippen LogP) is 3.19. The number of nitrogens with one attached hydrogen (secondary N) is 1. The Kier molecular flexibility index (Phi) is 5.55. The fraction of sp³-hybridized carbons (Fsp3) is 0.364. The molecule has 1 atom stereocenters. The zero-order valence-electron chi connectivity index (χ0n) is 16.2. The number of carbonyl (C=O) groups excluding carboxylic acids is 2. The Labute approximate surface area is 169 Å². The topological polar surface area (TPSA) is 93.9 Å². The summed E-state index contributed by atoms with van der Waals surface area (Å²) in [5.41, 5.74) is 7.99. The summed E-state index contributed by atoms with van der Waals surface area (Å²) in [5.74, 6) is 1.51. The third-order valence-corrected chi connectivity index (χ3v) is 5.44. The first-order valence-corrected chi connectivity index (χ1v) is 9.95. The van der Waals surface area contributed by atoms with Crippen LogP contribution in [0.4, 0.5) is 10.5 Å². The zero-order valence-corrected chi connectivity index (χ0v) is 16.2. The van der Waals surface area contributed by atoms with Crippen LogP contribution in [0.25, 0.3) is 0 Å². The third-order valence-electron chi connectivity index (χ3n) is 5.44. The molecule has 0 bridgehead atoms. The number of hydrogen-bond acceptors (Lipinski definition) is 5. The molecule has 1 unspecified atom stereocenters. The highest BCUT2D eigenvalue weighted by atomic mass is 16.6. The number of fused-ring (bicyclic) bond motifs is 1. The Hall–Kier alpha value is -3.22. The van der Waals surface area contributed by atoms with E-state index in [0.29, 0.717) is 54.9 Å². The molecule has 0 aromatic heterocycles. The molecule has 2 aromatic rings.